The fraction of sp³-hybridized carbons (Fsp3) is 1.00. The van der Waals surface area contributed by atoms with Crippen LogP contribution < -0.4 is 0 Å². The third kappa shape index (κ3) is 1.72. The second kappa shape index (κ2) is 4.01. The van der Waals surface area contributed by atoms with E-state index in [4.69, 9.17) is 0 Å². The molecule has 3 rings (SSSR count). The molecule has 16 heavy (non-hydrogen) atoms. The predicted octanol–water partition coefficient (Wildman–Crippen LogP) is 3.47. The Bertz CT molecular complexity index is 262. The Hall–Kier alpha value is -0.0400. The van der Waals surface area contributed by atoms with Crippen molar-refractivity contribution in [3.63, 3.8) is 0 Å². The van der Waals surface area contributed by atoms with Gasteiger partial charge in [0.05, 0.1) is 6.10 Å². The van der Waals surface area contributed by atoms with Crippen LogP contribution in [0.25, 0.3) is 0 Å². The molecule has 1 N–H and O–H groups in total. The molecule has 0 spiro atoms. The highest BCUT2D eigenvalue weighted by atomic mass is 16.3. The summed E-state index contributed by atoms with van der Waals surface area (Å²) in [6, 6.07) is 0. The standard InChI is InChI=1S/C15H26O/c1-9-5-10(2)15(16)14(6-9)13-8-11-3-4-12(13)7-11/h9-16H,3-8H2,1-2H3/t9-,10+,11+,12+,13+,14+,15+/m1/s1. The van der Waals surface area contributed by atoms with Crippen molar-refractivity contribution in [1.29, 1.82) is 0 Å². The molecule has 0 heterocycles. The number of rotatable bonds is 1. The molecule has 3 saturated carbocycles. The minimum atomic E-state index is 0.000509. The Labute approximate surface area is 99.6 Å². The largest absolute Gasteiger partial charge is 0.393 e. The van der Waals surface area contributed by atoms with Crippen LogP contribution in [0.1, 0.15) is 52.4 Å². The summed E-state index contributed by atoms with van der Waals surface area (Å²) in [5.74, 6) is 4.88. The molecule has 1 nitrogen and oxygen atoms in total. The van der Waals surface area contributed by atoms with Gasteiger partial charge < -0.3 is 5.11 Å². The zero-order valence-corrected chi connectivity index (χ0v) is 10.7. The summed E-state index contributed by atoms with van der Waals surface area (Å²) in [7, 11) is 0. The molecular formula is C15H26O. The third-order valence-corrected chi connectivity index (χ3v) is 5.81. The number of hydrogen-bond donors (Lipinski definition) is 1. The second-order valence-corrected chi connectivity index (χ2v) is 7.05. The molecule has 92 valence electrons. The van der Waals surface area contributed by atoms with E-state index in [1.807, 2.05) is 0 Å². The van der Waals surface area contributed by atoms with Crippen LogP contribution in [0.5, 0.6) is 0 Å². The van der Waals surface area contributed by atoms with E-state index >= 15 is 0 Å². The lowest BCUT2D eigenvalue weighted by Crippen LogP contribution is -2.40. The third-order valence-electron chi connectivity index (χ3n) is 5.81. The van der Waals surface area contributed by atoms with Crippen LogP contribution in [0.3, 0.4) is 0 Å². The molecule has 0 amide bonds. The van der Waals surface area contributed by atoms with Gasteiger partial charge in [0.15, 0.2) is 0 Å². The van der Waals surface area contributed by atoms with Gasteiger partial charge in [0.1, 0.15) is 0 Å². The fourth-order valence-electron chi connectivity index (χ4n) is 5.14. The number of fused-ring (bicyclic) bond motifs is 2. The lowest BCUT2D eigenvalue weighted by atomic mass is 9.66. The quantitative estimate of drug-likeness (QED) is 0.720. The molecule has 3 aliphatic rings. The van der Waals surface area contributed by atoms with E-state index < -0.39 is 0 Å². The summed E-state index contributed by atoms with van der Waals surface area (Å²) in [6.07, 6.45) is 8.39. The first-order chi connectivity index (χ1) is 7.65. The van der Waals surface area contributed by atoms with Gasteiger partial charge in [0.25, 0.3) is 0 Å². The van der Waals surface area contributed by atoms with Gasteiger partial charge in [-0.1, -0.05) is 20.3 Å². The maximum Gasteiger partial charge on any atom is 0.0596 e. The summed E-state index contributed by atoms with van der Waals surface area (Å²) >= 11 is 0. The summed E-state index contributed by atoms with van der Waals surface area (Å²) in [6.45, 7) is 4.63. The monoisotopic (exact) mass is 222 g/mol. The molecule has 3 aliphatic carbocycles. The average molecular weight is 222 g/mol. The van der Waals surface area contributed by atoms with E-state index in [1.165, 1.54) is 38.5 Å². The Morgan fingerprint density at radius 3 is 2.31 bits per heavy atom. The Balaban J connectivity index is 1.73. The summed E-state index contributed by atoms with van der Waals surface area (Å²) in [5, 5.41) is 10.4. The van der Waals surface area contributed by atoms with Crippen molar-refractivity contribution in [2.45, 2.75) is 58.5 Å². The Morgan fingerprint density at radius 2 is 1.69 bits per heavy atom. The van der Waals surface area contributed by atoms with E-state index in [1.54, 1.807) is 0 Å². The van der Waals surface area contributed by atoms with Crippen molar-refractivity contribution in [2.75, 3.05) is 0 Å². The first-order valence-electron chi connectivity index (χ1n) is 7.33. The highest BCUT2D eigenvalue weighted by Crippen LogP contribution is 2.54. The van der Waals surface area contributed by atoms with Crippen LogP contribution in [-0.4, -0.2) is 11.2 Å². The SMILES string of the molecule is C[C@H]1C[C@@H]([C@H]2C[C@H]3CC[C@H]2C3)[C@@H](O)[C@@H](C)C1. The molecule has 1 heteroatoms. The summed E-state index contributed by atoms with van der Waals surface area (Å²) < 4.78 is 0. The van der Waals surface area contributed by atoms with E-state index in [2.05, 4.69) is 13.8 Å². The Morgan fingerprint density at radius 1 is 0.875 bits per heavy atom. The summed E-state index contributed by atoms with van der Waals surface area (Å²) in [4.78, 5) is 0. The molecule has 0 aliphatic heterocycles. The van der Waals surface area contributed by atoms with Gasteiger partial charge in [-0.15, -0.1) is 0 Å². The van der Waals surface area contributed by atoms with Crippen molar-refractivity contribution >= 4 is 0 Å². The van der Waals surface area contributed by atoms with Crippen LogP contribution in [0.4, 0.5) is 0 Å². The molecule has 3 fully saturated rings. The van der Waals surface area contributed by atoms with Crippen LogP contribution in [0, 0.1) is 35.5 Å². The van der Waals surface area contributed by atoms with Crippen LogP contribution >= 0.6 is 0 Å². The van der Waals surface area contributed by atoms with Gasteiger partial charge in [-0.2, -0.15) is 0 Å². The summed E-state index contributed by atoms with van der Waals surface area (Å²) in [5.41, 5.74) is 0. The van der Waals surface area contributed by atoms with Gasteiger partial charge in [-0.25, -0.2) is 0 Å². The van der Waals surface area contributed by atoms with E-state index in [0.29, 0.717) is 11.8 Å². The van der Waals surface area contributed by atoms with Crippen LogP contribution in [0.15, 0.2) is 0 Å². The molecule has 0 radical (unpaired) electrons. The normalized spacial score (nSPS) is 56.8. The van der Waals surface area contributed by atoms with Gasteiger partial charge in [-0.3, -0.25) is 0 Å². The van der Waals surface area contributed by atoms with E-state index in [0.717, 1.165) is 23.7 Å². The fourth-order valence-corrected chi connectivity index (χ4v) is 5.14. The molecule has 0 aromatic rings. The second-order valence-electron chi connectivity index (χ2n) is 7.05. The highest BCUT2D eigenvalue weighted by Gasteiger charge is 2.47. The van der Waals surface area contributed by atoms with Gasteiger partial charge >= 0.3 is 0 Å². The molecule has 0 unspecified atom stereocenters. The van der Waals surface area contributed by atoms with Crippen LogP contribution in [-0.2, 0) is 0 Å². The number of aliphatic hydroxyl groups is 1. The van der Waals surface area contributed by atoms with Gasteiger partial charge in [-0.05, 0) is 67.6 Å². The molecule has 0 aromatic carbocycles. The number of aliphatic hydroxyl groups excluding tert-OH is 1. The van der Waals surface area contributed by atoms with Crippen LogP contribution in [0.2, 0.25) is 0 Å². The lowest BCUT2D eigenvalue weighted by Gasteiger charge is -2.42. The highest BCUT2D eigenvalue weighted by molar-refractivity contribution is 4.97. The van der Waals surface area contributed by atoms with E-state index in [-0.39, 0.29) is 6.10 Å². The maximum absolute atomic E-state index is 10.4. The van der Waals surface area contributed by atoms with Crippen molar-refractivity contribution in [3.05, 3.63) is 0 Å². The van der Waals surface area contributed by atoms with E-state index in [9.17, 15) is 5.11 Å². The van der Waals surface area contributed by atoms with Gasteiger partial charge in [0, 0.05) is 0 Å². The minimum absolute atomic E-state index is 0.000509. The first kappa shape index (κ1) is 11.1. The van der Waals surface area contributed by atoms with Crippen molar-refractivity contribution in [3.8, 4) is 0 Å². The maximum atomic E-state index is 10.4. The van der Waals surface area contributed by atoms with Crippen molar-refractivity contribution in [1.82, 2.24) is 0 Å². The molecule has 7 atom stereocenters. The zero-order valence-electron chi connectivity index (χ0n) is 10.7. The van der Waals surface area contributed by atoms with Crippen molar-refractivity contribution in [2.24, 2.45) is 35.5 Å². The lowest BCUT2D eigenvalue weighted by molar-refractivity contribution is -0.0312. The van der Waals surface area contributed by atoms with Gasteiger partial charge in [0.2, 0.25) is 0 Å². The Kier molecular flexibility index (Phi) is 2.78. The van der Waals surface area contributed by atoms with Crippen molar-refractivity contribution < 1.29 is 5.11 Å². The topological polar surface area (TPSA) is 20.2 Å². The number of hydrogen-bond acceptors (Lipinski definition) is 1. The first-order valence-corrected chi connectivity index (χ1v) is 7.33. The average Bonchev–Trinajstić information content (AvgIpc) is 2.84. The molecule has 0 saturated heterocycles. The smallest absolute Gasteiger partial charge is 0.0596 e. The molecule has 0 aromatic heterocycles. The minimum Gasteiger partial charge on any atom is -0.393 e. The molecule has 2 bridgehead atoms. The molecular weight excluding hydrogens is 196 g/mol. The predicted molar refractivity (Wildman–Crippen MR) is 66.0 cm³/mol. The zero-order chi connectivity index (χ0) is 11.3.